The minimum Gasteiger partial charge on any atom is -0.444 e. The van der Waals surface area contributed by atoms with E-state index in [9.17, 15) is 9.59 Å². The molecule has 0 saturated carbocycles. The minimum absolute atomic E-state index is 0.179. The van der Waals surface area contributed by atoms with Crippen LogP contribution < -0.4 is 0 Å². The monoisotopic (exact) mass is 345 g/mol. The van der Waals surface area contributed by atoms with Gasteiger partial charge in [0, 0.05) is 13.0 Å². The summed E-state index contributed by atoms with van der Waals surface area (Å²) in [7, 11) is 0. The number of nitrogens with zero attached hydrogens (tertiary/aromatic N) is 1. The van der Waals surface area contributed by atoms with E-state index in [4.69, 9.17) is 4.74 Å². The number of carbonyl (C=O) groups excluding carboxylic acids is 2. The van der Waals surface area contributed by atoms with Gasteiger partial charge in [0.1, 0.15) is 5.60 Å². The topological polar surface area (TPSA) is 46.6 Å². The normalized spacial score (nSPS) is 18.0. The zero-order chi connectivity index (χ0) is 18.3. The van der Waals surface area contributed by atoms with E-state index >= 15 is 0 Å². The van der Waals surface area contributed by atoms with Crippen molar-refractivity contribution in [2.45, 2.75) is 77.4 Å². The molecule has 1 aromatic carbocycles. The number of ketones is 1. The van der Waals surface area contributed by atoms with Crippen LogP contribution in [0.25, 0.3) is 0 Å². The maximum atomic E-state index is 12.6. The highest BCUT2D eigenvalue weighted by molar-refractivity contribution is 5.87. The summed E-state index contributed by atoms with van der Waals surface area (Å²) < 4.78 is 5.48. The molecule has 1 saturated heterocycles. The number of benzene rings is 1. The molecule has 1 atom stereocenters. The number of carbonyl (C=O) groups is 2. The van der Waals surface area contributed by atoms with Crippen molar-refractivity contribution in [3.63, 3.8) is 0 Å². The van der Waals surface area contributed by atoms with E-state index in [1.54, 1.807) is 4.90 Å². The Hall–Kier alpha value is -1.84. The second-order valence-corrected chi connectivity index (χ2v) is 7.84. The zero-order valence-electron chi connectivity index (χ0n) is 15.8. The number of amides is 1. The summed E-state index contributed by atoms with van der Waals surface area (Å²) in [6.45, 7) is 6.19. The highest BCUT2D eigenvalue weighted by Crippen LogP contribution is 2.22. The average Bonchev–Trinajstić information content (AvgIpc) is 2.58. The summed E-state index contributed by atoms with van der Waals surface area (Å²) in [6, 6.07) is 10.0. The molecule has 25 heavy (non-hydrogen) atoms. The summed E-state index contributed by atoms with van der Waals surface area (Å²) in [4.78, 5) is 26.7. The maximum Gasteiger partial charge on any atom is 0.410 e. The number of rotatable bonds is 6. The van der Waals surface area contributed by atoms with Gasteiger partial charge >= 0.3 is 6.09 Å². The molecule has 1 aromatic rings. The second kappa shape index (κ2) is 9.02. The van der Waals surface area contributed by atoms with Gasteiger partial charge in [0.25, 0.3) is 0 Å². The van der Waals surface area contributed by atoms with Crippen molar-refractivity contribution in [2.24, 2.45) is 0 Å². The molecule has 1 amide bonds. The first-order chi connectivity index (χ1) is 11.9. The Kier molecular flexibility index (Phi) is 7.03. The lowest BCUT2D eigenvalue weighted by molar-refractivity contribution is -0.125. The van der Waals surface area contributed by atoms with E-state index in [1.807, 2.05) is 39.0 Å². The van der Waals surface area contributed by atoms with Crippen LogP contribution in [0.15, 0.2) is 30.3 Å². The molecule has 1 aliphatic heterocycles. The fraction of sp³-hybridized carbons (Fsp3) is 0.619. The van der Waals surface area contributed by atoms with Crippen LogP contribution in [-0.4, -0.2) is 35.0 Å². The van der Waals surface area contributed by atoms with E-state index in [0.29, 0.717) is 13.0 Å². The van der Waals surface area contributed by atoms with Gasteiger partial charge in [-0.1, -0.05) is 30.3 Å². The zero-order valence-corrected chi connectivity index (χ0v) is 15.8. The fourth-order valence-corrected chi connectivity index (χ4v) is 3.25. The van der Waals surface area contributed by atoms with Crippen LogP contribution in [0.5, 0.6) is 0 Å². The number of unbranched alkanes of at least 4 members (excludes halogenated alkanes) is 1. The van der Waals surface area contributed by atoms with Gasteiger partial charge in [-0.25, -0.2) is 4.79 Å². The fourth-order valence-electron chi connectivity index (χ4n) is 3.25. The maximum absolute atomic E-state index is 12.6. The van der Waals surface area contributed by atoms with Crippen LogP contribution in [-0.2, 0) is 16.0 Å². The molecule has 138 valence electrons. The van der Waals surface area contributed by atoms with Crippen LogP contribution in [0.1, 0.15) is 64.9 Å². The van der Waals surface area contributed by atoms with E-state index in [0.717, 1.165) is 38.5 Å². The Labute approximate surface area is 151 Å². The summed E-state index contributed by atoms with van der Waals surface area (Å²) in [5.74, 6) is 0.179. The van der Waals surface area contributed by atoms with Gasteiger partial charge in [0.05, 0.1) is 6.04 Å². The molecule has 4 nitrogen and oxygen atoms in total. The Morgan fingerprint density at radius 1 is 1.12 bits per heavy atom. The molecular formula is C21H31NO3. The third-order valence-corrected chi connectivity index (χ3v) is 4.48. The molecule has 0 bridgehead atoms. The summed E-state index contributed by atoms with van der Waals surface area (Å²) >= 11 is 0. The van der Waals surface area contributed by atoms with Crippen LogP contribution in [0.2, 0.25) is 0 Å². The van der Waals surface area contributed by atoms with Crippen LogP contribution in [0.3, 0.4) is 0 Å². The molecule has 0 aromatic heterocycles. The molecular weight excluding hydrogens is 314 g/mol. The smallest absolute Gasteiger partial charge is 0.410 e. The SMILES string of the molecule is CC(C)(C)OC(=O)N1CCCC[C@H]1C(=O)CCCCc1ccccc1. The number of hydrogen-bond donors (Lipinski definition) is 0. The second-order valence-electron chi connectivity index (χ2n) is 7.84. The molecule has 4 heteroatoms. The van der Waals surface area contributed by atoms with E-state index in [2.05, 4.69) is 12.1 Å². The summed E-state index contributed by atoms with van der Waals surface area (Å²) in [5.41, 5.74) is 0.778. The van der Waals surface area contributed by atoms with Crippen molar-refractivity contribution in [3.8, 4) is 0 Å². The van der Waals surface area contributed by atoms with Gasteiger partial charge in [-0.2, -0.15) is 0 Å². The number of aryl methyl sites for hydroxylation is 1. The molecule has 0 spiro atoms. The van der Waals surface area contributed by atoms with Gasteiger partial charge in [0.15, 0.2) is 5.78 Å². The van der Waals surface area contributed by atoms with Crippen LogP contribution in [0.4, 0.5) is 4.79 Å². The molecule has 0 unspecified atom stereocenters. The predicted octanol–water partition coefficient (Wildman–Crippen LogP) is 4.76. The molecule has 1 aliphatic rings. The standard InChI is InChI=1S/C21H31NO3/c1-21(2,3)25-20(24)22-16-10-9-14-18(22)19(23)15-8-7-13-17-11-5-4-6-12-17/h4-6,11-12,18H,7-10,13-16H2,1-3H3/t18-/m0/s1. The third-order valence-electron chi connectivity index (χ3n) is 4.48. The highest BCUT2D eigenvalue weighted by Gasteiger charge is 2.34. The quantitative estimate of drug-likeness (QED) is 0.699. The van der Waals surface area contributed by atoms with Crippen molar-refractivity contribution in [1.82, 2.24) is 4.90 Å². The lowest BCUT2D eigenvalue weighted by Gasteiger charge is -2.36. The number of ether oxygens (including phenoxy) is 1. The molecule has 2 rings (SSSR count). The number of hydrogen-bond acceptors (Lipinski definition) is 3. The third kappa shape index (κ3) is 6.52. The minimum atomic E-state index is -0.530. The summed E-state index contributed by atoms with van der Waals surface area (Å²) in [6.07, 6.45) is 5.75. The molecule has 0 N–H and O–H groups in total. The Bertz CT molecular complexity index is 562. The Morgan fingerprint density at radius 3 is 2.52 bits per heavy atom. The van der Waals surface area contributed by atoms with E-state index < -0.39 is 5.60 Å². The molecule has 0 radical (unpaired) electrons. The van der Waals surface area contributed by atoms with Crippen molar-refractivity contribution in [1.29, 1.82) is 0 Å². The molecule has 1 heterocycles. The Balaban J connectivity index is 1.82. The average molecular weight is 345 g/mol. The number of piperidine rings is 1. The lowest BCUT2D eigenvalue weighted by atomic mass is 9.95. The van der Waals surface area contributed by atoms with Crippen molar-refractivity contribution < 1.29 is 14.3 Å². The van der Waals surface area contributed by atoms with Crippen LogP contribution >= 0.6 is 0 Å². The van der Waals surface area contributed by atoms with Gasteiger partial charge in [-0.15, -0.1) is 0 Å². The summed E-state index contributed by atoms with van der Waals surface area (Å²) in [5, 5.41) is 0. The predicted molar refractivity (Wildman–Crippen MR) is 99.6 cm³/mol. The van der Waals surface area contributed by atoms with Crippen LogP contribution in [0, 0.1) is 0 Å². The molecule has 1 fully saturated rings. The number of likely N-dealkylation sites (tertiary alicyclic amines) is 1. The van der Waals surface area contributed by atoms with E-state index in [1.165, 1.54) is 5.56 Å². The van der Waals surface area contributed by atoms with Gasteiger partial charge in [-0.05, 0) is 64.9 Å². The van der Waals surface area contributed by atoms with E-state index in [-0.39, 0.29) is 17.9 Å². The van der Waals surface area contributed by atoms with Crippen molar-refractivity contribution in [3.05, 3.63) is 35.9 Å². The van der Waals surface area contributed by atoms with Crippen molar-refractivity contribution in [2.75, 3.05) is 6.54 Å². The Morgan fingerprint density at radius 2 is 1.84 bits per heavy atom. The lowest BCUT2D eigenvalue weighted by Crippen LogP contribution is -2.49. The number of Topliss-reactive ketones (excluding diaryl/α,β-unsaturated/α-hetero) is 1. The van der Waals surface area contributed by atoms with Gasteiger partial charge in [-0.3, -0.25) is 9.69 Å². The van der Waals surface area contributed by atoms with Gasteiger partial charge in [0.2, 0.25) is 0 Å². The first-order valence-corrected chi connectivity index (χ1v) is 9.43. The highest BCUT2D eigenvalue weighted by atomic mass is 16.6. The van der Waals surface area contributed by atoms with Crippen molar-refractivity contribution >= 4 is 11.9 Å². The van der Waals surface area contributed by atoms with Gasteiger partial charge < -0.3 is 4.74 Å². The first-order valence-electron chi connectivity index (χ1n) is 9.43. The first kappa shape index (κ1) is 19.5. The molecule has 0 aliphatic carbocycles. The largest absolute Gasteiger partial charge is 0.444 e.